The molecule has 0 bridgehead atoms. The molecule has 0 unspecified atom stereocenters. The molecule has 2 rings (SSSR count). The molecule has 2 aromatic rings. The van der Waals surface area contributed by atoms with Crippen molar-refractivity contribution in [2.24, 2.45) is 0 Å². The monoisotopic (exact) mass is 255 g/mol. The third-order valence-electron chi connectivity index (χ3n) is 1.88. The summed E-state index contributed by atoms with van der Waals surface area (Å²) < 4.78 is 5.01. The minimum atomic E-state index is 0.416. The topological polar surface area (TPSA) is 61.0 Å². The van der Waals surface area contributed by atoms with Gasteiger partial charge < -0.3 is 10.5 Å². The number of anilines is 1. The van der Waals surface area contributed by atoms with E-state index in [1.807, 2.05) is 11.4 Å². The Morgan fingerprint density at radius 2 is 2.25 bits per heavy atom. The van der Waals surface area contributed by atoms with Crippen LogP contribution in [0.25, 0.3) is 10.7 Å². The van der Waals surface area contributed by atoms with Crippen molar-refractivity contribution in [1.29, 1.82) is 0 Å². The van der Waals surface area contributed by atoms with Crippen LogP contribution in [0.3, 0.4) is 0 Å². The second-order valence-corrected chi connectivity index (χ2v) is 4.52. The standard InChI is InChI=1S/C10H10ClN3OS/c1-15-4-7-3-9(12)14-10(13-7)8-2-6(11)5-16-8/h2-3,5H,4H2,1H3,(H2,12,13,14). The molecule has 0 saturated heterocycles. The van der Waals surface area contributed by atoms with Crippen LogP contribution in [0.5, 0.6) is 0 Å². The number of aromatic nitrogens is 2. The summed E-state index contributed by atoms with van der Waals surface area (Å²) in [7, 11) is 1.61. The van der Waals surface area contributed by atoms with Gasteiger partial charge in [0.25, 0.3) is 0 Å². The highest BCUT2D eigenvalue weighted by Crippen LogP contribution is 2.27. The molecule has 84 valence electrons. The number of hydrogen-bond donors (Lipinski definition) is 1. The number of thiophene rings is 1. The van der Waals surface area contributed by atoms with E-state index in [-0.39, 0.29) is 0 Å². The van der Waals surface area contributed by atoms with Crippen LogP contribution < -0.4 is 5.73 Å². The maximum atomic E-state index is 5.85. The Bertz CT molecular complexity index is 501. The molecule has 0 aliphatic rings. The van der Waals surface area contributed by atoms with Gasteiger partial charge in [-0.15, -0.1) is 11.3 Å². The van der Waals surface area contributed by atoms with Gasteiger partial charge in [0.15, 0.2) is 5.82 Å². The van der Waals surface area contributed by atoms with Crippen LogP contribution in [0.15, 0.2) is 17.5 Å². The molecular formula is C10H10ClN3OS. The van der Waals surface area contributed by atoms with E-state index in [0.29, 0.717) is 23.3 Å². The number of nitrogens with zero attached hydrogens (tertiary/aromatic N) is 2. The number of hydrogen-bond acceptors (Lipinski definition) is 5. The summed E-state index contributed by atoms with van der Waals surface area (Å²) in [5.74, 6) is 1.02. The van der Waals surface area contributed by atoms with Crippen LogP contribution in [0, 0.1) is 0 Å². The molecule has 0 saturated carbocycles. The van der Waals surface area contributed by atoms with E-state index in [2.05, 4.69) is 9.97 Å². The molecule has 0 aliphatic heterocycles. The molecule has 0 fully saturated rings. The van der Waals surface area contributed by atoms with Gasteiger partial charge in [0.1, 0.15) is 5.82 Å². The van der Waals surface area contributed by atoms with Crippen molar-refractivity contribution >= 4 is 28.8 Å². The summed E-state index contributed by atoms with van der Waals surface area (Å²) in [5.41, 5.74) is 6.46. The first-order valence-corrected chi connectivity index (χ1v) is 5.81. The molecule has 0 spiro atoms. The Labute approximate surface area is 102 Å². The fourth-order valence-electron chi connectivity index (χ4n) is 1.28. The van der Waals surface area contributed by atoms with E-state index in [4.69, 9.17) is 22.1 Å². The van der Waals surface area contributed by atoms with Gasteiger partial charge in [-0.1, -0.05) is 11.6 Å². The second-order valence-electron chi connectivity index (χ2n) is 3.17. The number of rotatable bonds is 3. The third-order valence-corrected chi connectivity index (χ3v) is 3.15. The van der Waals surface area contributed by atoms with Gasteiger partial charge >= 0.3 is 0 Å². The Morgan fingerprint density at radius 1 is 1.44 bits per heavy atom. The van der Waals surface area contributed by atoms with Gasteiger partial charge in [-0.25, -0.2) is 9.97 Å². The highest BCUT2D eigenvalue weighted by molar-refractivity contribution is 7.14. The Balaban J connectivity index is 2.40. The van der Waals surface area contributed by atoms with E-state index in [1.165, 1.54) is 11.3 Å². The van der Waals surface area contributed by atoms with E-state index < -0.39 is 0 Å². The number of ether oxygens (including phenoxy) is 1. The smallest absolute Gasteiger partial charge is 0.171 e. The molecule has 0 atom stereocenters. The van der Waals surface area contributed by atoms with Gasteiger partial charge in [0, 0.05) is 18.6 Å². The maximum absolute atomic E-state index is 5.85. The van der Waals surface area contributed by atoms with E-state index >= 15 is 0 Å². The van der Waals surface area contributed by atoms with Crippen molar-refractivity contribution in [3.63, 3.8) is 0 Å². The van der Waals surface area contributed by atoms with Gasteiger partial charge in [-0.3, -0.25) is 0 Å². The van der Waals surface area contributed by atoms with E-state index in [9.17, 15) is 0 Å². The number of methoxy groups -OCH3 is 1. The zero-order valence-corrected chi connectivity index (χ0v) is 10.2. The molecule has 0 aliphatic carbocycles. The van der Waals surface area contributed by atoms with Gasteiger partial charge in [0.2, 0.25) is 0 Å². The molecule has 0 radical (unpaired) electrons. The highest BCUT2D eigenvalue weighted by atomic mass is 35.5. The van der Waals surface area contributed by atoms with E-state index in [1.54, 1.807) is 13.2 Å². The zero-order chi connectivity index (χ0) is 11.5. The first-order chi connectivity index (χ1) is 7.69. The number of nitrogen functional groups attached to an aromatic ring is 1. The molecule has 0 amide bonds. The van der Waals surface area contributed by atoms with Crippen LogP contribution in [0.2, 0.25) is 5.02 Å². The number of nitrogens with two attached hydrogens (primary N) is 1. The molecule has 2 aromatic heterocycles. The predicted molar refractivity (Wildman–Crippen MR) is 65.5 cm³/mol. The van der Waals surface area contributed by atoms with Crippen molar-refractivity contribution in [2.45, 2.75) is 6.61 Å². The molecule has 2 N–H and O–H groups in total. The lowest BCUT2D eigenvalue weighted by Crippen LogP contribution is -2.00. The first-order valence-electron chi connectivity index (χ1n) is 4.56. The second kappa shape index (κ2) is 4.78. The van der Waals surface area contributed by atoms with Crippen molar-refractivity contribution in [2.75, 3.05) is 12.8 Å². The van der Waals surface area contributed by atoms with Gasteiger partial charge in [-0.05, 0) is 6.07 Å². The third kappa shape index (κ3) is 2.49. The van der Waals surface area contributed by atoms with E-state index in [0.717, 1.165) is 10.6 Å². The molecular weight excluding hydrogens is 246 g/mol. The lowest BCUT2D eigenvalue weighted by molar-refractivity contribution is 0.181. The molecule has 4 nitrogen and oxygen atoms in total. The quantitative estimate of drug-likeness (QED) is 0.916. The van der Waals surface area contributed by atoms with Crippen LogP contribution in [0.4, 0.5) is 5.82 Å². The maximum Gasteiger partial charge on any atom is 0.171 e. The van der Waals surface area contributed by atoms with Crippen molar-refractivity contribution < 1.29 is 4.74 Å². The lowest BCUT2D eigenvalue weighted by atomic mass is 10.3. The average molecular weight is 256 g/mol. The highest BCUT2D eigenvalue weighted by Gasteiger charge is 2.07. The first kappa shape index (κ1) is 11.3. The Morgan fingerprint density at radius 3 is 2.88 bits per heavy atom. The average Bonchev–Trinajstić information content (AvgIpc) is 2.64. The number of halogens is 1. The minimum absolute atomic E-state index is 0.416. The molecule has 16 heavy (non-hydrogen) atoms. The van der Waals surface area contributed by atoms with Crippen molar-refractivity contribution in [3.05, 3.63) is 28.2 Å². The van der Waals surface area contributed by atoms with Gasteiger partial charge in [0.05, 0.1) is 22.2 Å². The van der Waals surface area contributed by atoms with Crippen molar-refractivity contribution in [3.8, 4) is 10.7 Å². The van der Waals surface area contributed by atoms with Crippen LogP contribution >= 0.6 is 22.9 Å². The fourth-order valence-corrected chi connectivity index (χ4v) is 2.29. The van der Waals surface area contributed by atoms with Crippen molar-refractivity contribution in [1.82, 2.24) is 9.97 Å². The van der Waals surface area contributed by atoms with Gasteiger partial charge in [-0.2, -0.15) is 0 Å². The van der Waals surface area contributed by atoms with Crippen LogP contribution in [-0.2, 0) is 11.3 Å². The summed E-state index contributed by atoms with van der Waals surface area (Å²) in [5, 5.41) is 2.51. The predicted octanol–water partition coefficient (Wildman–Crippen LogP) is 2.59. The SMILES string of the molecule is COCc1cc(N)nc(-c2cc(Cl)cs2)n1. The van der Waals surface area contributed by atoms with Crippen LogP contribution in [-0.4, -0.2) is 17.1 Å². The van der Waals surface area contributed by atoms with Crippen LogP contribution in [0.1, 0.15) is 5.69 Å². The summed E-state index contributed by atoms with van der Waals surface area (Å²) >= 11 is 7.33. The molecule has 6 heteroatoms. The lowest BCUT2D eigenvalue weighted by Gasteiger charge is -2.03. The summed E-state index contributed by atoms with van der Waals surface area (Å²) in [4.78, 5) is 9.40. The summed E-state index contributed by atoms with van der Waals surface area (Å²) in [6, 6.07) is 3.51. The summed E-state index contributed by atoms with van der Waals surface area (Å²) in [6.45, 7) is 0.416. The summed E-state index contributed by atoms with van der Waals surface area (Å²) in [6.07, 6.45) is 0. The fraction of sp³-hybridized carbons (Fsp3) is 0.200. The Kier molecular flexibility index (Phi) is 3.38. The molecule has 2 heterocycles. The molecule has 0 aromatic carbocycles. The zero-order valence-electron chi connectivity index (χ0n) is 8.61. The normalized spacial score (nSPS) is 10.6. The Hall–Kier alpha value is -1.17. The minimum Gasteiger partial charge on any atom is -0.384 e. The largest absolute Gasteiger partial charge is 0.384 e.